The zero-order chi connectivity index (χ0) is 22.8. The normalized spacial score (nSPS) is 11.3. The number of ether oxygens (including phenoxy) is 2. The largest absolute Gasteiger partial charge is 0.489 e. The monoisotopic (exact) mass is 456 g/mol. The topological polar surface area (TPSA) is 96.7 Å². The van der Waals surface area contributed by atoms with E-state index in [-0.39, 0.29) is 28.3 Å². The van der Waals surface area contributed by atoms with Crippen LogP contribution in [0.25, 0.3) is 11.3 Å². The smallest absolute Gasteiger partial charge is 0.488 e. The first-order valence-electron chi connectivity index (χ1n) is 8.55. The third kappa shape index (κ3) is 5.34. The number of carbonyl (C=O) groups excluding carboxylic acids is 1. The third-order valence-electron chi connectivity index (χ3n) is 4.11. The molecule has 3 rings (SSSR count). The summed E-state index contributed by atoms with van der Waals surface area (Å²) in [5, 5.41) is 3.95. The number of carbonyl (C=O) groups is 1. The van der Waals surface area contributed by atoms with Crippen LogP contribution in [0, 0.1) is 11.6 Å². The summed E-state index contributed by atoms with van der Waals surface area (Å²) in [4.78, 5) is 11.6. The molecule has 0 amide bonds. The minimum Gasteiger partial charge on any atom is -0.489 e. The van der Waals surface area contributed by atoms with Gasteiger partial charge in [-0.1, -0.05) is 3.89 Å². The zero-order valence-electron chi connectivity index (χ0n) is 16.1. The van der Waals surface area contributed by atoms with Crippen molar-refractivity contribution in [1.82, 2.24) is 9.78 Å². The second-order valence-electron chi connectivity index (χ2n) is 6.18. The Hall–Kier alpha value is -3.54. The minimum absolute atomic E-state index is 0.0128. The summed E-state index contributed by atoms with van der Waals surface area (Å²) in [6, 6.07) is 8.21. The summed E-state index contributed by atoms with van der Waals surface area (Å²) in [7, 11) is -2.46. The average Bonchev–Trinajstić information content (AvgIpc) is 3.08. The quantitative estimate of drug-likeness (QED) is 0.397. The van der Waals surface area contributed by atoms with Crippen molar-refractivity contribution >= 4 is 16.5 Å². The number of methoxy groups -OCH3 is 1. The van der Waals surface area contributed by atoms with Gasteiger partial charge in [0.25, 0.3) is 0 Å². The van der Waals surface area contributed by atoms with E-state index in [9.17, 15) is 25.9 Å². The summed E-state index contributed by atoms with van der Waals surface area (Å²) in [5.41, 5.74) is 0.0777. The highest BCUT2D eigenvalue weighted by Gasteiger charge is 2.18. The molecule has 0 saturated heterocycles. The van der Waals surface area contributed by atoms with Crippen LogP contribution in [0.5, 0.6) is 11.5 Å². The number of nitrogens with zero attached hydrogens (tertiary/aromatic N) is 2. The molecule has 164 valence electrons. The van der Waals surface area contributed by atoms with Crippen molar-refractivity contribution in [1.29, 1.82) is 0 Å². The van der Waals surface area contributed by atoms with Gasteiger partial charge in [-0.3, -0.25) is 4.68 Å². The first-order chi connectivity index (χ1) is 14.6. The maximum absolute atomic E-state index is 14.5. The van der Waals surface area contributed by atoms with Crippen LogP contribution in [0.2, 0.25) is 0 Å². The van der Waals surface area contributed by atoms with Crippen molar-refractivity contribution in [3.05, 3.63) is 65.4 Å². The van der Waals surface area contributed by atoms with Crippen LogP contribution in [-0.4, -0.2) is 31.3 Å². The van der Waals surface area contributed by atoms with Gasteiger partial charge in [-0.05, 0) is 42.5 Å². The number of aryl methyl sites for hydroxylation is 1. The molecule has 0 fully saturated rings. The van der Waals surface area contributed by atoms with Crippen molar-refractivity contribution in [3.8, 4) is 22.8 Å². The molecular formula is C19H15F3N2O6S. The summed E-state index contributed by atoms with van der Waals surface area (Å²) < 4.78 is 77.7. The van der Waals surface area contributed by atoms with Crippen molar-refractivity contribution in [2.45, 2.75) is 6.61 Å². The first-order valence-corrected chi connectivity index (χ1v) is 9.86. The summed E-state index contributed by atoms with van der Waals surface area (Å²) in [6.07, 6.45) is 0. The van der Waals surface area contributed by atoms with E-state index in [0.29, 0.717) is 5.69 Å². The lowest BCUT2D eigenvalue weighted by atomic mass is 10.1. The van der Waals surface area contributed by atoms with Crippen LogP contribution >= 0.6 is 0 Å². The van der Waals surface area contributed by atoms with E-state index in [4.69, 9.17) is 4.74 Å². The first kappa shape index (κ1) is 22.2. The van der Waals surface area contributed by atoms with Crippen molar-refractivity contribution < 1.29 is 39.5 Å². The Morgan fingerprint density at radius 2 is 1.65 bits per heavy atom. The van der Waals surface area contributed by atoms with E-state index < -0.39 is 34.7 Å². The lowest BCUT2D eigenvalue weighted by Crippen LogP contribution is -2.04. The van der Waals surface area contributed by atoms with Crippen LogP contribution in [0.3, 0.4) is 0 Å². The molecule has 0 bridgehead atoms. The molecule has 12 heteroatoms. The Labute approximate surface area is 175 Å². The highest BCUT2D eigenvalue weighted by Crippen LogP contribution is 2.27. The predicted molar refractivity (Wildman–Crippen MR) is 101 cm³/mol. The fraction of sp³-hybridized carbons (Fsp3) is 0.158. The Bertz CT molecular complexity index is 1200. The minimum atomic E-state index is -5.16. The van der Waals surface area contributed by atoms with Gasteiger partial charge in [-0.2, -0.15) is 13.5 Å². The predicted octanol–water partition coefficient (Wildman–Crippen LogP) is 3.32. The van der Waals surface area contributed by atoms with E-state index >= 15 is 0 Å². The van der Waals surface area contributed by atoms with Gasteiger partial charge in [0.1, 0.15) is 29.7 Å². The van der Waals surface area contributed by atoms with Crippen LogP contribution in [0.1, 0.15) is 16.1 Å². The van der Waals surface area contributed by atoms with Gasteiger partial charge in [-0.15, -0.1) is 0 Å². The number of hydrogen-bond donors (Lipinski definition) is 0. The van der Waals surface area contributed by atoms with Crippen LogP contribution in [-0.2, 0) is 28.9 Å². The molecule has 2 aromatic carbocycles. The molecule has 0 spiro atoms. The Balaban J connectivity index is 1.77. The van der Waals surface area contributed by atoms with Crippen molar-refractivity contribution in [3.63, 3.8) is 0 Å². The molecule has 0 unspecified atom stereocenters. The Morgan fingerprint density at radius 1 is 1.06 bits per heavy atom. The molecule has 0 aliphatic heterocycles. The molecule has 1 heterocycles. The standard InChI is InChI=1S/C19H15F3N2O6S/c1-24-18(9-17(23-24)19(25)28-2)11-7-15(20)14(16(21)8-11)10-29-12-3-5-13(6-4-12)30-31(22,26)27/h3-9H,10H2,1-2H3. The molecular weight excluding hydrogens is 441 g/mol. The van der Waals surface area contributed by atoms with Crippen LogP contribution in [0.4, 0.5) is 12.7 Å². The number of hydrogen-bond acceptors (Lipinski definition) is 7. The number of aromatic nitrogens is 2. The Kier molecular flexibility index (Phi) is 6.20. The fourth-order valence-corrected chi connectivity index (χ4v) is 3.03. The van der Waals surface area contributed by atoms with E-state index in [1.54, 1.807) is 0 Å². The van der Waals surface area contributed by atoms with Gasteiger partial charge in [0.05, 0.1) is 18.4 Å². The second kappa shape index (κ2) is 8.68. The lowest BCUT2D eigenvalue weighted by Gasteiger charge is -2.11. The van der Waals surface area contributed by atoms with E-state index in [2.05, 4.69) is 14.0 Å². The summed E-state index contributed by atoms with van der Waals surface area (Å²) in [6.45, 7) is -0.474. The number of esters is 1. The number of benzene rings is 2. The Morgan fingerprint density at radius 3 is 2.19 bits per heavy atom. The summed E-state index contributed by atoms with van der Waals surface area (Å²) >= 11 is 0. The van der Waals surface area contributed by atoms with Crippen LogP contribution < -0.4 is 8.92 Å². The van der Waals surface area contributed by atoms with E-state index in [1.165, 1.54) is 37.0 Å². The van der Waals surface area contributed by atoms with Gasteiger partial charge in [0.2, 0.25) is 0 Å². The fourth-order valence-electron chi connectivity index (χ4n) is 2.69. The average molecular weight is 456 g/mol. The molecule has 31 heavy (non-hydrogen) atoms. The maximum Gasteiger partial charge on any atom is 0.488 e. The van der Waals surface area contributed by atoms with Gasteiger partial charge in [0, 0.05) is 12.6 Å². The highest BCUT2D eigenvalue weighted by atomic mass is 32.3. The number of halogens is 3. The maximum atomic E-state index is 14.5. The highest BCUT2D eigenvalue weighted by molar-refractivity contribution is 7.81. The van der Waals surface area contributed by atoms with Crippen molar-refractivity contribution in [2.24, 2.45) is 7.05 Å². The van der Waals surface area contributed by atoms with E-state index in [1.807, 2.05) is 0 Å². The molecule has 0 N–H and O–H groups in total. The van der Waals surface area contributed by atoms with Gasteiger partial charge in [-0.25, -0.2) is 13.6 Å². The molecule has 0 aliphatic carbocycles. The van der Waals surface area contributed by atoms with Crippen LogP contribution in [0.15, 0.2) is 42.5 Å². The molecule has 0 aliphatic rings. The second-order valence-corrected chi connectivity index (χ2v) is 7.14. The SMILES string of the molecule is COC(=O)c1cc(-c2cc(F)c(COc3ccc(OS(=O)(=O)F)cc3)c(F)c2)n(C)n1. The molecule has 0 saturated carbocycles. The molecule has 8 nitrogen and oxygen atoms in total. The zero-order valence-corrected chi connectivity index (χ0v) is 17.0. The molecule has 1 aromatic heterocycles. The number of rotatable bonds is 7. The van der Waals surface area contributed by atoms with E-state index in [0.717, 1.165) is 24.3 Å². The van der Waals surface area contributed by atoms with Gasteiger partial charge in [0.15, 0.2) is 5.69 Å². The third-order valence-corrected chi connectivity index (χ3v) is 4.51. The summed E-state index contributed by atoms with van der Waals surface area (Å²) in [5.74, 6) is -2.62. The van der Waals surface area contributed by atoms with Crippen molar-refractivity contribution in [2.75, 3.05) is 7.11 Å². The molecule has 3 aromatic rings. The molecule has 0 atom stereocenters. The van der Waals surface area contributed by atoms with Gasteiger partial charge < -0.3 is 13.7 Å². The van der Waals surface area contributed by atoms with Gasteiger partial charge >= 0.3 is 16.5 Å². The molecule has 0 radical (unpaired) electrons. The lowest BCUT2D eigenvalue weighted by molar-refractivity contribution is 0.0593.